The van der Waals surface area contributed by atoms with Crippen molar-refractivity contribution in [1.29, 1.82) is 0 Å². The number of hydrogen-bond acceptors (Lipinski definition) is 3. The number of methoxy groups -OCH3 is 1. The van der Waals surface area contributed by atoms with E-state index in [1.165, 1.54) is 17.2 Å². The highest BCUT2D eigenvalue weighted by Gasteiger charge is 2.06. The van der Waals surface area contributed by atoms with Gasteiger partial charge in [-0.05, 0) is 119 Å². The van der Waals surface area contributed by atoms with Crippen LogP contribution in [0.2, 0.25) is 0 Å². The van der Waals surface area contributed by atoms with E-state index in [1.54, 1.807) is 7.11 Å². The maximum Gasteiger partial charge on any atom is 0.330 e. The minimum atomic E-state index is -0.381. The molecule has 0 unspecified atom stereocenters. The number of carbonyl (C=O) groups excluding carboxylic acids is 1. The Hall–Kier alpha value is -5.69. The molecule has 0 amide bonds. The Balaban J connectivity index is 1.29. The van der Waals surface area contributed by atoms with Gasteiger partial charge in [-0.2, -0.15) is 0 Å². The quantitative estimate of drug-likeness (QED) is 0.0757. The molecule has 0 atom stereocenters. The number of carbonyl (C=O) groups is 1. The van der Waals surface area contributed by atoms with E-state index < -0.39 is 0 Å². The summed E-state index contributed by atoms with van der Waals surface area (Å²) in [5.74, 6) is 20.6. The molecule has 0 radical (unpaired) electrons. The van der Waals surface area contributed by atoms with Crippen LogP contribution in [0.15, 0.2) is 97.6 Å². The molecule has 0 saturated heterocycles. The molecule has 0 heterocycles. The summed E-state index contributed by atoms with van der Waals surface area (Å²) in [6.45, 7) is 8.13. The molecule has 0 saturated carbocycles. The van der Waals surface area contributed by atoms with Crippen LogP contribution >= 0.6 is 0 Å². The predicted molar refractivity (Wildman–Crippen MR) is 193 cm³/mol. The maximum absolute atomic E-state index is 11.1. The summed E-state index contributed by atoms with van der Waals surface area (Å²) < 4.78 is 10.4. The first-order valence-electron chi connectivity index (χ1n) is 16.1. The molecule has 0 fully saturated rings. The van der Waals surface area contributed by atoms with Gasteiger partial charge in [0.2, 0.25) is 0 Å². The largest absolute Gasteiger partial charge is 0.497 e. The predicted octanol–water partition coefficient (Wildman–Crippen LogP) is 9.18. The highest BCUT2D eigenvalue weighted by atomic mass is 16.5. The standard InChI is InChI=1S/C44H38O3/c1-5-35-30-41(21-16-34-17-22-42-31-43(46-4)24-23-39(42)28-34)36(6-2)29-40(35)20-15-33-14-19-37-26-32(13-18-38(37)27-33)12-10-8-9-11-25-47-44(45)7-3/h7,13-14,17-19,22-24,26-31H,3,5-6,8-9,11,25H2,1-2,4H3. The van der Waals surface area contributed by atoms with Crippen molar-refractivity contribution >= 4 is 27.5 Å². The summed E-state index contributed by atoms with van der Waals surface area (Å²) in [6.07, 6.45) is 5.37. The summed E-state index contributed by atoms with van der Waals surface area (Å²) in [5.41, 5.74) is 7.47. The van der Waals surface area contributed by atoms with Gasteiger partial charge in [-0.3, -0.25) is 0 Å². The van der Waals surface area contributed by atoms with Crippen molar-refractivity contribution in [3.8, 4) is 41.3 Å². The Morgan fingerprint density at radius 2 is 1.17 bits per heavy atom. The Morgan fingerprint density at radius 1 is 0.660 bits per heavy atom. The lowest BCUT2D eigenvalue weighted by molar-refractivity contribution is -0.137. The van der Waals surface area contributed by atoms with Crippen LogP contribution in [-0.2, 0) is 22.4 Å². The van der Waals surface area contributed by atoms with E-state index in [9.17, 15) is 4.79 Å². The van der Waals surface area contributed by atoms with E-state index >= 15 is 0 Å². The average molecular weight is 615 g/mol. The summed E-state index contributed by atoms with van der Waals surface area (Å²) in [5, 5.41) is 4.55. The normalized spacial score (nSPS) is 10.2. The Kier molecular flexibility index (Phi) is 11.2. The van der Waals surface area contributed by atoms with Gasteiger partial charge in [0.1, 0.15) is 5.75 Å². The van der Waals surface area contributed by atoms with Gasteiger partial charge in [0.25, 0.3) is 0 Å². The third-order valence-corrected chi connectivity index (χ3v) is 8.00. The van der Waals surface area contributed by atoms with Crippen LogP contribution in [0.1, 0.15) is 72.1 Å². The van der Waals surface area contributed by atoms with Crippen molar-refractivity contribution < 1.29 is 14.3 Å². The number of benzene rings is 5. The van der Waals surface area contributed by atoms with E-state index in [1.807, 2.05) is 12.1 Å². The number of unbranched alkanes of at least 4 members (excludes halogenated alkanes) is 2. The van der Waals surface area contributed by atoms with Gasteiger partial charge in [0.05, 0.1) is 13.7 Å². The van der Waals surface area contributed by atoms with E-state index in [0.717, 1.165) is 87.2 Å². The van der Waals surface area contributed by atoms with E-state index in [0.29, 0.717) is 6.61 Å². The number of ether oxygens (including phenoxy) is 2. The second kappa shape index (κ2) is 16.0. The topological polar surface area (TPSA) is 35.5 Å². The minimum absolute atomic E-state index is 0.381. The number of rotatable bonds is 8. The molecule has 3 nitrogen and oxygen atoms in total. The van der Waals surface area contributed by atoms with Crippen molar-refractivity contribution in [2.45, 2.75) is 46.0 Å². The molecule has 0 aliphatic rings. The van der Waals surface area contributed by atoms with Gasteiger partial charge in [-0.1, -0.05) is 80.2 Å². The number of hydrogen-bond donors (Lipinski definition) is 0. The lowest BCUT2D eigenvalue weighted by Gasteiger charge is -2.08. The lowest BCUT2D eigenvalue weighted by atomic mass is 9.95. The van der Waals surface area contributed by atoms with Crippen molar-refractivity contribution in [2.24, 2.45) is 0 Å². The zero-order valence-electron chi connectivity index (χ0n) is 27.3. The second-order valence-corrected chi connectivity index (χ2v) is 11.2. The van der Waals surface area contributed by atoms with Crippen LogP contribution in [0.5, 0.6) is 5.75 Å². The van der Waals surface area contributed by atoms with Crippen LogP contribution < -0.4 is 4.74 Å². The minimum Gasteiger partial charge on any atom is -0.497 e. The number of aryl methyl sites for hydroxylation is 2. The monoisotopic (exact) mass is 614 g/mol. The van der Waals surface area contributed by atoms with Gasteiger partial charge in [0.15, 0.2) is 0 Å². The van der Waals surface area contributed by atoms with E-state index in [-0.39, 0.29) is 5.97 Å². The molecule has 0 N–H and O–H groups in total. The SMILES string of the molecule is C=CC(=O)OCCCCC#Cc1ccc2cc(C#Cc3cc(CC)c(C#Cc4ccc5cc(OC)ccc5c4)cc3CC)ccc2c1. The summed E-state index contributed by atoms with van der Waals surface area (Å²) in [4.78, 5) is 11.1. The number of esters is 1. The molecule has 3 heteroatoms. The maximum atomic E-state index is 11.1. The molecule has 5 rings (SSSR count). The molecule has 0 bridgehead atoms. The third kappa shape index (κ3) is 8.73. The highest BCUT2D eigenvalue weighted by Crippen LogP contribution is 2.23. The Morgan fingerprint density at radius 3 is 1.68 bits per heavy atom. The zero-order chi connectivity index (χ0) is 33.0. The van der Waals surface area contributed by atoms with Crippen molar-refractivity contribution in [3.05, 3.63) is 137 Å². The molecule has 5 aromatic rings. The molecule has 5 aromatic carbocycles. The van der Waals surface area contributed by atoms with Gasteiger partial charge in [-0.15, -0.1) is 0 Å². The molecular formula is C44H38O3. The molecule has 232 valence electrons. The molecule has 0 spiro atoms. The van der Waals surface area contributed by atoms with Crippen LogP contribution in [0, 0.1) is 35.5 Å². The Labute approximate surface area is 278 Å². The highest BCUT2D eigenvalue weighted by molar-refractivity contribution is 5.86. The lowest BCUT2D eigenvalue weighted by Crippen LogP contribution is -2.01. The summed E-state index contributed by atoms with van der Waals surface area (Å²) >= 11 is 0. The zero-order valence-corrected chi connectivity index (χ0v) is 27.3. The molecule has 0 aliphatic carbocycles. The Bertz CT molecular complexity index is 2130. The van der Waals surface area contributed by atoms with Crippen LogP contribution in [0.3, 0.4) is 0 Å². The number of fused-ring (bicyclic) bond motifs is 2. The fourth-order valence-electron chi connectivity index (χ4n) is 5.33. The van der Waals surface area contributed by atoms with Gasteiger partial charge in [-0.25, -0.2) is 4.79 Å². The van der Waals surface area contributed by atoms with E-state index in [2.05, 4.69) is 129 Å². The first kappa shape index (κ1) is 32.7. The van der Waals surface area contributed by atoms with Crippen molar-refractivity contribution in [1.82, 2.24) is 0 Å². The summed E-state index contributed by atoms with van der Waals surface area (Å²) in [7, 11) is 1.69. The molecule has 0 aliphatic heterocycles. The fraction of sp³-hybridized carbons (Fsp3) is 0.205. The van der Waals surface area contributed by atoms with Gasteiger partial charge >= 0.3 is 5.97 Å². The van der Waals surface area contributed by atoms with Crippen molar-refractivity contribution in [3.63, 3.8) is 0 Å². The van der Waals surface area contributed by atoms with Crippen LogP contribution in [0.25, 0.3) is 21.5 Å². The molecule has 0 aromatic heterocycles. The first-order valence-corrected chi connectivity index (χ1v) is 16.1. The van der Waals surface area contributed by atoms with Crippen molar-refractivity contribution in [2.75, 3.05) is 13.7 Å². The van der Waals surface area contributed by atoms with Crippen LogP contribution in [-0.4, -0.2) is 19.7 Å². The fourth-order valence-corrected chi connectivity index (χ4v) is 5.33. The summed E-state index contributed by atoms with van der Waals surface area (Å²) in [6, 6.07) is 29.4. The van der Waals surface area contributed by atoms with Gasteiger partial charge in [0, 0.05) is 40.3 Å². The smallest absolute Gasteiger partial charge is 0.330 e. The molecular weight excluding hydrogens is 576 g/mol. The van der Waals surface area contributed by atoms with Gasteiger partial charge < -0.3 is 9.47 Å². The second-order valence-electron chi connectivity index (χ2n) is 11.2. The first-order chi connectivity index (χ1) is 23.0. The van der Waals surface area contributed by atoms with E-state index in [4.69, 9.17) is 9.47 Å². The van der Waals surface area contributed by atoms with Crippen LogP contribution in [0.4, 0.5) is 0 Å². The third-order valence-electron chi connectivity index (χ3n) is 8.00. The average Bonchev–Trinajstić information content (AvgIpc) is 3.11. The molecule has 47 heavy (non-hydrogen) atoms.